The number of nitrogens with two attached hydrogens (primary N) is 1. The highest BCUT2D eigenvalue weighted by atomic mass is 16.5. The number of rotatable bonds is 6. The lowest BCUT2D eigenvalue weighted by atomic mass is 10.1. The smallest absolute Gasteiger partial charge is 0.340 e. The van der Waals surface area contributed by atoms with Crippen molar-refractivity contribution >= 4 is 11.7 Å². The number of hydrogen-bond donors (Lipinski definition) is 1. The summed E-state index contributed by atoms with van der Waals surface area (Å²) in [7, 11) is 3.92. The van der Waals surface area contributed by atoms with Crippen LogP contribution in [0.5, 0.6) is 5.75 Å². The second-order valence-electron chi connectivity index (χ2n) is 4.09. The number of carbonyl (C=O) groups is 1. The minimum atomic E-state index is -0.423. The van der Waals surface area contributed by atoms with E-state index in [1.54, 1.807) is 25.1 Å². The third-order valence-electron chi connectivity index (χ3n) is 2.36. The highest BCUT2D eigenvalue weighted by molar-refractivity contribution is 5.96. The van der Waals surface area contributed by atoms with Crippen LogP contribution in [0.1, 0.15) is 17.3 Å². The summed E-state index contributed by atoms with van der Waals surface area (Å²) in [6, 6.07) is 5.10. The number of ether oxygens (including phenoxy) is 2. The first-order valence-electron chi connectivity index (χ1n) is 5.89. The molecule has 0 bridgehead atoms. The Hall–Kier alpha value is -1.75. The molecule has 5 nitrogen and oxygen atoms in total. The zero-order valence-corrected chi connectivity index (χ0v) is 11.1. The van der Waals surface area contributed by atoms with Gasteiger partial charge in [0.15, 0.2) is 0 Å². The van der Waals surface area contributed by atoms with Crippen molar-refractivity contribution in [1.29, 1.82) is 0 Å². The van der Waals surface area contributed by atoms with E-state index >= 15 is 0 Å². The molecule has 0 atom stereocenters. The molecule has 1 rings (SSSR count). The molecule has 5 heteroatoms. The average molecular weight is 252 g/mol. The van der Waals surface area contributed by atoms with Gasteiger partial charge < -0.3 is 20.1 Å². The summed E-state index contributed by atoms with van der Waals surface area (Å²) in [6.45, 7) is 3.38. The molecule has 0 saturated heterocycles. The Balaban J connectivity index is 2.75. The van der Waals surface area contributed by atoms with Gasteiger partial charge in [-0.15, -0.1) is 0 Å². The fraction of sp³-hybridized carbons (Fsp3) is 0.462. The number of para-hydroxylation sites is 1. The standard InChI is InChI=1S/C13H20N2O3/c1-4-17-13(16)10-6-5-7-11(12(10)14)18-9-8-15(2)3/h5-7H,4,8-9,14H2,1-3H3. The molecule has 0 aliphatic heterocycles. The minimum Gasteiger partial charge on any atom is -0.490 e. The molecule has 0 unspecified atom stereocenters. The molecule has 0 aliphatic rings. The SMILES string of the molecule is CCOC(=O)c1cccc(OCCN(C)C)c1N. The van der Waals surface area contributed by atoms with Crippen LogP contribution in [0.25, 0.3) is 0 Å². The molecule has 0 radical (unpaired) electrons. The van der Waals surface area contributed by atoms with Crippen molar-refractivity contribution in [3.05, 3.63) is 23.8 Å². The number of nitrogens with zero attached hydrogens (tertiary/aromatic N) is 1. The molecule has 2 N–H and O–H groups in total. The highest BCUT2D eigenvalue weighted by Crippen LogP contribution is 2.25. The molecule has 100 valence electrons. The first kappa shape index (κ1) is 14.3. The Morgan fingerprint density at radius 1 is 1.39 bits per heavy atom. The normalized spacial score (nSPS) is 10.4. The van der Waals surface area contributed by atoms with Crippen LogP contribution in [0, 0.1) is 0 Å². The van der Waals surface area contributed by atoms with E-state index in [2.05, 4.69) is 0 Å². The molecule has 0 saturated carbocycles. The van der Waals surface area contributed by atoms with Crippen LogP contribution in [-0.2, 0) is 4.74 Å². The van der Waals surface area contributed by atoms with Gasteiger partial charge in [-0.1, -0.05) is 6.07 Å². The van der Waals surface area contributed by atoms with Crippen LogP contribution >= 0.6 is 0 Å². The van der Waals surface area contributed by atoms with Crippen molar-refractivity contribution in [2.24, 2.45) is 0 Å². The Bertz CT molecular complexity index is 405. The Morgan fingerprint density at radius 3 is 2.72 bits per heavy atom. The van der Waals surface area contributed by atoms with Gasteiger partial charge in [-0.2, -0.15) is 0 Å². The maximum Gasteiger partial charge on any atom is 0.340 e. The van der Waals surface area contributed by atoms with Crippen molar-refractivity contribution in [2.45, 2.75) is 6.92 Å². The number of anilines is 1. The van der Waals surface area contributed by atoms with Gasteiger partial charge >= 0.3 is 5.97 Å². The summed E-state index contributed by atoms with van der Waals surface area (Å²) in [5.74, 6) is 0.0930. The Morgan fingerprint density at radius 2 is 2.11 bits per heavy atom. The predicted octanol–water partition coefficient (Wildman–Crippen LogP) is 1.39. The number of nitrogen functional groups attached to an aromatic ring is 1. The molecule has 1 aromatic rings. The van der Waals surface area contributed by atoms with E-state index in [1.165, 1.54) is 0 Å². The summed E-state index contributed by atoms with van der Waals surface area (Å²) >= 11 is 0. The molecule has 0 aromatic heterocycles. The molecular formula is C13H20N2O3. The quantitative estimate of drug-likeness (QED) is 0.612. The van der Waals surface area contributed by atoms with E-state index in [0.29, 0.717) is 30.2 Å². The average Bonchev–Trinajstić information content (AvgIpc) is 2.31. The number of benzene rings is 1. The number of likely N-dealkylation sites (N-methyl/N-ethyl adjacent to an activating group) is 1. The lowest BCUT2D eigenvalue weighted by Gasteiger charge is -2.14. The topological polar surface area (TPSA) is 64.8 Å². The lowest BCUT2D eigenvalue weighted by Crippen LogP contribution is -2.20. The second kappa shape index (κ2) is 6.86. The first-order chi connectivity index (χ1) is 8.56. The number of carbonyl (C=O) groups excluding carboxylic acids is 1. The predicted molar refractivity (Wildman–Crippen MR) is 70.9 cm³/mol. The summed E-state index contributed by atoms with van der Waals surface area (Å²) in [6.07, 6.45) is 0. The summed E-state index contributed by atoms with van der Waals surface area (Å²) < 4.78 is 10.5. The van der Waals surface area contributed by atoms with Crippen LogP contribution in [0.3, 0.4) is 0 Å². The van der Waals surface area contributed by atoms with E-state index < -0.39 is 5.97 Å². The maximum absolute atomic E-state index is 11.6. The molecule has 0 amide bonds. The van der Waals surface area contributed by atoms with Crippen molar-refractivity contribution in [1.82, 2.24) is 4.90 Å². The number of hydrogen-bond acceptors (Lipinski definition) is 5. The van der Waals surface area contributed by atoms with E-state index in [-0.39, 0.29) is 0 Å². The fourth-order valence-corrected chi connectivity index (χ4v) is 1.39. The van der Waals surface area contributed by atoms with Gasteiger partial charge in [0.05, 0.1) is 17.9 Å². The van der Waals surface area contributed by atoms with Crippen LogP contribution in [0.15, 0.2) is 18.2 Å². The van der Waals surface area contributed by atoms with Gasteiger partial charge in [0, 0.05) is 6.54 Å². The van der Waals surface area contributed by atoms with E-state index in [4.69, 9.17) is 15.2 Å². The lowest BCUT2D eigenvalue weighted by molar-refractivity contribution is 0.0527. The monoisotopic (exact) mass is 252 g/mol. The third-order valence-corrected chi connectivity index (χ3v) is 2.36. The molecule has 0 spiro atoms. The molecule has 0 aliphatic carbocycles. The van der Waals surface area contributed by atoms with Crippen LogP contribution in [0.4, 0.5) is 5.69 Å². The zero-order valence-electron chi connectivity index (χ0n) is 11.1. The largest absolute Gasteiger partial charge is 0.490 e. The van der Waals surface area contributed by atoms with E-state index in [1.807, 2.05) is 19.0 Å². The van der Waals surface area contributed by atoms with Gasteiger partial charge in [0.2, 0.25) is 0 Å². The molecule has 0 heterocycles. The summed E-state index contributed by atoms with van der Waals surface area (Å²) in [4.78, 5) is 13.6. The van der Waals surface area contributed by atoms with Crippen molar-refractivity contribution in [3.8, 4) is 5.75 Å². The summed E-state index contributed by atoms with van der Waals surface area (Å²) in [5.41, 5.74) is 6.57. The van der Waals surface area contributed by atoms with Gasteiger partial charge in [-0.25, -0.2) is 4.79 Å². The number of esters is 1. The van der Waals surface area contributed by atoms with E-state index in [9.17, 15) is 4.79 Å². The van der Waals surface area contributed by atoms with Gasteiger partial charge in [-0.05, 0) is 33.2 Å². The molecule has 18 heavy (non-hydrogen) atoms. The Kier molecular flexibility index (Phi) is 5.45. The van der Waals surface area contributed by atoms with Crippen LogP contribution < -0.4 is 10.5 Å². The van der Waals surface area contributed by atoms with Crippen molar-refractivity contribution < 1.29 is 14.3 Å². The van der Waals surface area contributed by atoms with Crippen molar-refractivity contribution in [3.63, 3.8) is 0 Å². The zero-order chi connectivity index (χ0) is 13.5. The fourth-order valence-electron chi connectivity index (χ4n) is 1.39. The molecule has 1 aromatic carbocycles. The van der Waals surface area contributed by atoms with Gasteiger partial charge in [-0.3, -0.25) is 0 Å². The molecule has 0 fully saturated rings. The second-order valence-corrected chi connectivity index (χ2v) is 4.09. The highest BCUT2D eigenvalue weighted by Gasteiger charge is 2.14. The van der Waals surface area contributed by atoms with Gasteiger partial charge in [0.1, 0.15) is 12.4 Å². The van der Waals surface area contributed by atoms with Crippen LogP contribution in [0.2, 0.25) is 0 Å². The maximum atomic E-state index is 11.6. The van der Waals surface area contributed by atoms with E-state index in [0.717, 1.165) is 6.54 Å². The van der Waals surface area contributed by atoms with Gasteiger partial charge in [0.25, 0.3) is 0 Å². The first-order valence-corrected chi connectivity index (χ1v) is 5.89. The minimum absolute atomic E-state index is 0.323. The Labute approximate surface area is 107 Å². The van der Waals surface area contributed by atoms with Crippen LogP contribution in [-0.4, -0.2) is 44.7 Å². The van der Waals surface area contributed by atoms with Crippen molar-refractivity contribution in [2.75, 3.05) is 39.6 Å². The summed E-state index contributed by atoms with van der Waals surface area (Å²) in [5, 5.41) is 0. The molecular weight excluding hydrogens is 232 g/mol. The third kappa shape index (κ3) is 3.92.